The summed E-state index contributed by atoms with van der Waals surface area (Å²) in [6.45, 7) is 0.809. The van der Waals surface area contributed by atoms with Crippen molar-refractivity contribution in [1.82, 2.24) is 10.2 Å². The van der Waals surface area contributed by atoms with Crippen LogP contribution in [-0.2, 0) is 30.3 Å². The average molecular weight is 473 g/mol. The van der Waals surface area contributed by atoms with Crippen molar-refractivity contribution < 1.29 is 35.9 Å². The van der Waals surface area contributed by atoms with Crippen molar-refractivity contribution in [3.8, 4) is 6.07 Å². The summed E-state index contributed by atoms with van der Waals surface area (Å²) in [5.41, 5.74) is -1.28. The van der Waals surface area contributed by atoms with E-state index in [1.54, 1.807) is 6.07 Å². The molecule has 3 unspecified atom stereocenters. The van der Waals surface area contributed by atoms with Crippen molar-refractivity contribution in [2.24, 2.45) is 11.8 Å². The van der Waals surface area contributed by atoms with Crippen molar-refractivity contribution in [2.75, 3.05) is 32.8 Å². The van der Waals surface area contributed by atoms with Crippen LogP contribution in [0.4, 0.5) is 13.2 Å². The van der Waals surface area contributed by atoms with Crippen molar-refractivity contribution >= 4 is 21.7 Å². The molecule has 2 amide bonds. The lowest BCUT2D eigenvalue weighted by molar-refractivity contribution is -0.144. The van der Waals surface area contributed by atoms with Crippen LogP contribution in [0.1, 0.15) is 18.4 Å². The van der Waals surface area contributed by atoms with E-state index in [0.29, 0.717) is 19.3 Å². The first-order valence-corrected chi connectivity index (χ1v) is 11.5. The van der Waals surface area contributed by atoms with Crippen molar-refractivity contribution in [3.63, 3.8) is 0 Å². The number of amides is 2. The number of hydrogen-bond acceptors (Lipinski definition) is 6. The van der Waals surface area contributed by atoms with Crippen LogP contribution < -0.4 is 5.32 Å². The van der Waals surface area contributed by atoms with Gasteiger partial charge in [-0.05, 0) is 25.0 Å². The van der Waals surface area contributed by atoms with Gasteiger partial charge >= 0.3 is 6.18 Å². The predicted molar refractivity (Wildman–Crippen MR) is 105 cm³/mol. The Morgan fingerprint density at radius 1 is 1.16 bits per heavy atom. The van der Waals surface area contributed by atoms with Crippen LogP contribution >= 0.6 is 0 Å². The molecule has 3 atom stereocenters. The predicted octanol–water partition coefficient (Wildman–Crippen LogP) is 1.37. The molecule has 1 N–H and O–H groups in total. The number of nitriles is 1. The van der Waals surface area contributed by atoms with E-state index in [1.165, 1.54) is 11.0 Å². The number of carbonyl (C=O) groups is 2. The van der Waals surface area contributed by atoms with Gasteiger partial charge in [-0.15, -0.1) is 0 Å². The molecular weight excluding hydrogens is 451 g/mol. The summed E-state index contributed by atoms with van der Waals surface area (Å²) in [4.78, 5) is 26.3. The highest BCUT2D eigenvalue weighted by Crippen LogP contribution is 2.42. The average Bonchev–Trinajstić information content (AvgIpc) is 3.23. The Balaban J connectivity index is 1.93. The number of carbonyl (C=O) groups excluding carboxylic acids is 2. The second-order valence-electron chi connectivity index (χ2n) is 7.66. The second-order valence-corrected chi connectivity index (χ2v) is 9.86. The second kappa shape index (κ2) is 9.46. The Hall–Kier alpha value is -2.65. The lowest BCUT2D eigenvalue weighted by Gasteiger charge is -2.30. The Kier molecular flexibility index (Phi) is 7.09. The van der Waals surface area contributed by atoms with Gasteiger partial charge in [0.2, 0.25) is 11.8 Å². The van der Waals surface area contributed by atoms with Crippen LogP contribution in [0.25, 0.3) is 0 Å². The van der Waals surface area contributed by atoms with E-state index < -0.39 is 55.4 Å². The Bertz CT molecular complexity index is 1020. The molecule has 2 fully saturated rings. The summed E-state index contributed by atoms with van der Waals surface area (Å²) < 4.78 is 71.9. The molecule has 1 saturated carbocycles. The van der Waals surface area contributed by atoms with Gasteiger partial charge in [-0.1, -0.05) is 12.1 Å². The zero-order valence-electron chi connectivity index (χ0n) is 17.0. The van der Waals surface area contributed by atoms with Gasteiger partial charge in [0.05, 0.1) is 46.8 Å². The van der Waals surface area contributed by atoms with Crippen LogP contribution in [0.5, 0.6) is 0 Å². The standard InChI is InChI=1S/C20H22F3N3O5S/c21-20(22,23)16-3-1-2-4-17(16)32(29,30)13-11-14(18(27)25-6-5-24)15(12-13)19(28)26-7-9-31-10-8-26/h1-4,13-15H,6-12H2,(H,25,27). The third-order valence-electron chi connectivity index (χ3n) is 5.78. The molecule has 3 rings (SSSR count). The highest BCUT2D eigenvalue weighted by Gasteiger charge is 2.50. The fourth-order valence-corrected chi connectivity index (χ4v) is 6.25. The highest BCUT2D eigenvalue weighted by molar-refractivity contribution is 7.92. The number of halogens is 3. The summed E-state index contributed by atoms with van der Waals surface area (Å²) in [6, 6.07) is 5.61. The van der Waals surface area contributed by atoms with E-state index in [-0.39, 0.29) is 32.5 Å². The van der Waals surface area contributed by atoms with Crippen molar-refractivity contribution in [2.45, 2.75) is 29.2 Å². The van der Waals surface area contributed by atoms with Gasteiger partial charge in [0.1, 0.15) is 6.54 Å². The van der Waals surface area contributed by atoms with Crippen LogP contribution in [0.2, 0.25) is 0 Å². The van der Waals surface area contributed by atoms with Gasteiger partial charge in [-0.2, -0.15) is 18.4 Å². The maximum absolute atomic E-state index is 13.4. The van der Waals surface area contributed by atoms with Crippen molar-refractivity contribution in [1.29, 1.82) is 5.26 Å². The number of rotatable bonds is 5. The molecule has 2 aliphatic rings. The lowest BCUT2D eigenvalue weighted by Crippen LogP contribution is -2.46. The summed E-state index contributed by atoms with van der Waals surface area (Å²) >= 11 is 0. The van der Waals surface area contributed by atoms with E-state index in [1.807, 2.05) is 0 Å². The number of benzene rings is 1. The minimum Gasteiger partial charge on any atom is -0.378 e. The third-order valence-corrected chi connectivity index (χ3v) is 8.01. The van der Waals surface area contributed by atoms with Crippen LogP contribution in [0.15, 0.2) is 29.2 Å². The number of sulfone groups is 1. The van der Waals surface area contributed by atoms with Crippen LogP contribution in [0.3, 0.4) is 0 Å². The summed E-state index contributed by atoms with van der Waals surface area (Å²) in [6.07, 6.45) is -5.48. The molecular formula is C20H22F3N3O5S. The first-order chi connectivity index (χ1) is 15.1. The molecule has 0 radical (unpaired) electrons. The first-order valence-electron chi connectivity index (χ1n) is 9.98. The Labute approximate surface area is 183 Å². The Morgan fingerprint density at radius 3 is 2.41 bits per heavy atom. The third kappa shape index (κ3) is 4.88. The molecule has 1 heterocycles. The highest BCUT2D eigenvalue weighted by atomic mass is 32.2. The van der Waals surface area contributed by atoms with Crippen LogP contribution in [-0.4, -0.2) is 63.2 Å². The molecule has 0 spiro atoms. The molecule has 1 saturated heterocycles. The zero-order chi connectivity index (χ0) is 23.5. The number of alkyl halides is 3. The molecule has 12 heteroatoms. The maximum atomic E-state index is 13.4. The molecule has 32 heavy (non-hydrogen) atoms. The molecule has 0 bridgehead atoms. The van der Waals surface area contributed by atoms with Gasteiger partial charge in [0.25, 0.3) is 0 Å². The summed E-state index contributed by atoms with van der Waals surface area (Å²) in [7, 11) is -4.50. The normalized spacial score (nSPS) is 24.1. The summed E-state index contributed by atoms with van der Waals surface area (Å²) in [5.74, 6) is -3.20. The van der Waals surface area contributed by atoms with E-state index in [4.69, 9.17) is 10.00 Å². The minimum atomic E-state index is -4.88. The SMILES string of the molecule is N#CCNC(=O)C1CC(S(=O)(=O)c2ccccc2C(F)(F)F)CC1C(=O)N1CCOCC1. The van der Waals surface area contributed by atoms with Gasteiger partial charge in [-0.25, -0.2) is 8.42 Å². The molecule has 1 aliphatic heterocycles. The van der Waals surface area contributed by atoms with Gasteiger partial charge in [0.15, 0.2) is 9.84 Å². The molecule has 1 aromatic carbocycles. The topological polar surface area (TPSA) is 117 Å². The van der Waals surface area contributed by atoms with E-state index in [2.05, 4.69) is 5.32 Å². The summed E-state index contributed by atoms with van der Waals surface area (Å²) in [5, 5.41) is 9.71. The largest absolute Gasteiger partial charge is 0.417 e. The molecule has 1 aromatic rings. The fraction of sp³-hybridized carbons (Fsp3) is 0.550. The molecule has 1 aliphatic carbocycles. The lowest BCUT2D eigenvalue weighted by atomic mass is 9.93. The fourth-order valence-electron chi connectivity index (χ4n) is 4.21. The number of hydrogen-bond donors (Lipinski definition) is 1. The molecule has 8 nitrogen and oxygen atoms in total. The number of ether oxygens (including phenoxy) is 1. The maximum Gasteiger partial charge on any atom is 0.417 e. The smallest absolute Gasteiger partial charge is 0.378 e. The van der Waals surface area contributed by atoms with Gasteiger partial charge in [0, 0.05) is 13.1 Å². The quantitative estimate of drug-likeness (QED) is 0.646. The van der Waals surface area contributed by atoms with Crippen molar-refractivity contribution in [3.05, 3.63) is 29.8 Å². The van der Waals surface area contributed by atoms with E-state index in [9.17, 15) is 31.2 Å². The number of morpholine rings is 1. The van der Waals surface area contributed by atoms with Crippen LogP contribution in [0, 0.1) is 23.2 Å². The van der Waals surface area contributed by atoms with E-state index >= 15 is 0 Å². The first kappa shape index (κ1) is 24.0. The van der Waals surface area contributed by atoms with Gasteiger partial charge in [-0.3, -0.25) is 9.59 Å². The van der Waals surface area contributed by atoms with Gasteiger partial charge < -0.3 is 15.0 Å². The van der Waals surface area contributed by atoms with E-state index in [0.717, 1.165) is 12.1 Å². The zero-order valence-corrected chi connectivity index (χ0v) is 17.8. The molecule has 174 valence electrons. The number of nitrogens with one attached hydrogen (secondary N) is 1. The minimum absolute atomic E-state index is 0.274. The Morgan fingerprint density at radius 2 is 1.78 bits per heavy atom. The number of nitrogens with zero attached hydrogens (tertiary/aromatic N) is 2. The molecule has 0 aromatic heterocycles. The monoisotopic (exact) mass is 473 g/mol.